The lowest BCUT2D eigenvalue weighted by Crippen LogP contribution is -2.26. The first kappa shape index (κ1) is 9.76. The van der Waals surface area contributed by atoms with E-state index >= 15 is 0 Å². The van der Waals surface area contributed by atoms with E-state index in [2.05, 4.69) is 9.97 Å². The summed E-state index contributed by atoms with van der Waals surface area (Å²) in [6.07, 6.45) is 1.88. The van der Waals surface area contributed by atoms with E-state index in [4.69, 9.17) is 5.11 Å². The number of hydrogen-bond acceptors (Lipinski definition) is 5. The summed E-state index contributed by atoms with van der Waals surface area (Å²) in [6, 6.07) is 1.64. The van der Waals surface area contributed by atoms with E-state index in [0.29, 0.717) is 5.82 Å². The fourth-order valence-corrected chi connectivity index (χ4v) is 0.828. The van der Waals surface area contributed by atoms with Crippen molar-refractivity contribution in [3.8, 4) is 0 Å². The second-order valence-corrected chi connectivity index (χ2v) is 2.51. The van der Waals surface area contributed by atoms with Crippen LogP contribution in [0, 0.1) is 0 Å². The Hall–Kier alpha value is -1.33. The van der Waals surface area contributed by atoms with Gasteiger partial charge in [-0.2, -0.15) is 0 Å². The second kappa shape index (κ2) is 4.64. The van der Waals surface area contributed by atoms with E-state index in [1.165, 1.54) is 12.4 Å². The number of aliphatic hydroxyl groups excluding tert-OH is 2. The molecule has 1 unspecified atom stereocenters. The second-order valence-electron chi connectivity index (χ2n) is 2.51. The summed E-state index contributed by atoms with van der Waals surface area (Å²) in [5.41, 5.74) is 0. The van der Waals surface area contributed by atoms with Gasteiger partial charge in [-0.15, -0.1) is 0 Å². The van der Waals surface area contributed by atoms with Crippen LogP contribution in [0.5, 0.6) is 0 Å². The zero-order chi connectivity index (χ0) is 9.68. The number of ketones is 1. The maximum absolute atomic E-state index is 10.8. The van der Waals surface area contributed by atoms with Crippen molar-refractivity contribution in [2.75, 3.05) is 6.61 Å². The average molecular weight is 182 g/mol. The normalized spacial score (nSPS) is 12.5. The molecule has 0 amide bonds. The number of carbonyl (C=O) groups is 1. The van der Waals surface area contributed by atoms with Gasteiger partial charge in [0.25, 0.3) is 0 Å². The van der Waals surface area contributed by atoms with Crippen LogP contribution in [0.25, 0.3) is 0 Å². The van der Waals surface area contributed by atoms with E-state index in [1.54, 1.807) is 6.07 Å². The number of rotatable bonds is 4. The maximum Gasteiger partial charge on any atom is 0.186 e. The average Bonchev–Trinajstić information content (AvgIpc) is 2.18. The van der Waals surface area contributed by atoms with Crippen molar-refractivity contribution in [1.29, 1.82) is 0 Å². The zero-order valence-corrected chi connectivity index (χ0v) is 6.92. The van der Waals surface area contributed by atoms with Gasteiger partial charge in [0.2, 0.25) is 0 Å². The predicted octanol–water partition coefficient (Wildman–Crippen LogP) is -1.06. The summed E-state index contributed by atoms with van der Waals surface area (Å²) >= 11 is 0. The Morgan fingerprint density at radius 1 is 1.46 bits per heavy atom. The Labute approximate surface area is 75.1 Å². The molecule has 0 aliphatic heterocycles. The number of aromatic nitrogens is 2. The van der Waals surface area contributed by atoms with Crippen LogP contribution in [0.2, 0.25) is 0 Å². The highest BCUT2D eigenvalue weighted by Gasteiger charge is 2.15. The zero-order valence-electron chi connectivity index (χ0n) is 6.92. The largest absolute Gasteiger partial charge is 0.388 e. The van der Waals surface area contributed by atoms with Gasteiger partial charge in [-0.05, 0) is 6.07 Å². The van der Waals surface area contributed by atoms with Crippen LogP contribution in [-0.2, 0) is 11.2 Å². The van der Waals surface area contributed by atoms with Crippen molar-refractivity contribution in [1.82, 2.24) is 9.97 Å². The lowest BCUT2D eigenvalue weighted by Gasteiger charge is -2.05. The molecular weight excluding hydrogens is 172 g/mol. The molecule has 0 aromatic carbocycles. The molecule has 0 aliphatic rings. The molecule has 1 rings (SSSR count). The summed E-state index contributed by atoms with van der Waals surface area (Å²) in [5.74, 6) is -0.232. The highest BCUT2D eigenvalue weighted by molar-refractivity contribution is 5.83. The third-order valence-corrected chi connectivity index (χ3v) is 1.52. The lowest BCUT2D eigenvalue weighted by atomic mass is 10.1. The molecule has 13 heavy (non-hydrogen) atoms. The monoisotopic (exact) mass is 182 g/mol. The van der Waals surface area contributed by atoms with Gasteiger partial charge in [0.05, 0.1) is 0 Å². The minimum Gasteiger partial charge on any atom is -0.388 e. The highest BCUT2D eigenvalue weighted by Crippen LogP contribution is 1.96. The van der Waals surface area contributed by atoms with Crippen LogP contribution in [-0.4, -0.2) is 38.7 Å². The standard InChI is InChI=1S/C8H10N2O3/c11-5-7(13)6(12)4-8-9-2-1-3-10-8/h1-3,6,11-12H,4-5H2. The first-order valence-electron chi connectivity index (χ1n) is 3.81. The molecule has 0 saturated carbocycles. The van der Waals surface area contributed by atoms with Crippen LogP contribution >= 0.6 is 0 Å². The Balaban J connectivity index is 2.55. The van der Waals surface area contributed by atoms with E-state index in [1.807, 2.05) is 0 Å². The Morgan fingerprint density at radius 2 is 2.08 bits per heavy atom. The molecule has 0 spiro atoms. The molecule has 5 nitrogen and oxygen atoms in total. The molecule has 1 aromatic rings. The van der Waals surface area contributed by atoms with Gasteiger partial charge in [-0.25, -0.2) is 9.97 Å². The minimum atomic E-state index is -1.22. The fourth-order valence-electron chi connectivity index (χ4n) is 0.828. The van der Waals surface area contributed by atoms with E-state index in [-0.39, 0.29) is 6.42 Å². The molecule has 2 N–H and O–H groups in total. The van der Waals surface area contributed by atoms with Crippen molar-refractivity contribution in [2.24, 2.45) is 0 Å². The molecule has 0 aliphatic carbocycles. The highest BCUT2D eigenvalue weighted by atomic mass is 16.3. The van der Waals surface area contributed by atoms with E-state index in [0.717, 1.165) is 0 Å². The molecule has 0 fully saturated rings. The van der Waals surface area contributed by atoms with E-state index in [9.17, 15) is 9.90 Å². The molecule has 1 atom stereocenters. The summed E-state index contributed by atoms with van der Waals surface area (Å²) in [7, 11) is 0. The van der Waals surface area contributed by atoms with Crippen molar-refractivity contribution in [3.05, 3.63) is 24.3 Å². The topological polar surface area (TPSA) is 83.3 Å². The van der Waals surface area contributed by atoms with Crippen LogP contribution in [0.4, 0.5) is 0 Å². The van der Waals surface area contributed by atoms with Crippen LogP contribution in [0.15, 0.2) is 18.5 Å². The third-order valence-electron chi connectivity index (χ3n) is 1.52. The fraction of sp³-hybridized carbons (Fsp3) is 0.375. The van der Waals surface area contributed by atoms with Crippen LogP contribution in [0.1, 0.15) is 5.82 Å². The quantitative estimate of drug-likeness (QED) is 0.620. The smallest absolute Gasteiger partial charge is 0.186 e. The third kappa shape index (κ3) is 2.89. The molecular formula is C8H10N2O3. The van der Waals surface area contributed by atoms with Crippen molar-refractivity contribution in [3.63, 3.8) is 0 Å². The Morgan fingerprint density at radius 3 is 2.62 bits per heavy atom. The number of hydrogen-bond donors (Lipinski definition) is 2. The van der Waals surface area contributed by atoms with Crippen molar-refractivity contribution >= 4 is 5.78 Å². The molecule has 0 radical (unpaired) electrons. The lowest BCUT2D eigenvalue weighted by molar-refractivity contribution is -0.129. The molecule has 70 valence electrons. The number of nitrogens with zero attached hydrogens (tertiary/aromatic N) is 2. The Bertz CT molecular complexity index is 276. The van der Waals surface area contributed by atoms with Gasteiger partial charge in [-0.1, -0.05) is 0 Å². The molecule has 1 heterocycles. The first-order valence-corrected chi connectivity index (χ1v) is 3.81. The van der Waals surface area contributed by atoms with Gasteiger partial charge in [0, 0.05) is 18.8 Å². The molecule has 0 saturated heterocycles. The number of Topliss-reactive ketones (excluding diaryl/α,β-unsaturated/α-hetero) is 1. The SMILES string of the molecule is O=C(CO)C(O)Cc1ncccn1. The van der Waals surface area contributed by atoms with Gasteiger partial charge in [0.1, 0.15) is 18.5 Å². The number of carbonyl (C=O) groups excluding carboxylic acids is 1. The summed E-state index contributed by atoms with van der Waals surface area (Å²) in [5, 5.41) is 17.6. The predicted molar refractivity (Wildman–Crippen MR) is 43.8 cm³/mol. The molecule has 5 heteroatoms. The van der Waals surface area contributed by atoms with Gasteiger partial charge < -0.3 is 10.2 Å². The van der Waals surface area contributed by atoms with Gasteiger partial charge in [0.15, 0.2) is 5.78 Å². The van der Waals surface area contributed by atoms with Crippen LogP contribution < -0.4 is 0 Å². The van der Waals surface area contributed by atoms with Gasteiger partial charge in [-0.3, -0.25) is 4.79 Å². The Kier molecular flexibility index (Phi) is 3.48. The maximum atomic E-state index is 10.8. The molecule has 0 bridgehead atoms. The van der Waals surface area contributed by atoms with Crippen molar-refractivity contribution < 1.29 is 15.0 Å². The van der Waals surface area contributed by atoms with Crippen molar-refractivity contribution in [2.45, 2.75) is 12.5 Å². The minimum absolute atomic E-state index is 0.0419. The molecule has 1 aromatic heterocycles. The first-order chi connectivity index (χ1) is 6.24. The summed E-state index contributed by atoms with van der Waals surface area (Å²) < 4.78 is 0. The van der Waals surface area contributed by atoms with Crippen LogP contribution in [0.3, 0.4) is 0 Å². The van der Waals surface area contributed by atoms with Gasteiger partial charge >= 0.3 is 0 Å². The summed E-state index contributed by atoms with van der Waals surface area (Å²) in [4.78, 5) is 18.4. The van der Waals surface area contributed by atoms with E-state index < -0.39 is 18.5 Å². The summed E-state index contributed by atoms with van der Waals surface area (Å²) in [6.45, 7) is -0.659. The number of aliphatic hydroxyl groups is 2.